The first kappa shape index (κ1) is 22.9. The normalized spacial score (nSPS) is 15.8. The molecule has 2 aromatic carbocycles. The molecule has 1 saturated heterocycles. The van der Waals surface area contributed by atoms with E-state index in [-0.39, 0.29) is 17.7 Å². The molecule has 2 heterocycles. The van der Waals surface area contributed by atoms with E-state index in [1.165, 1.54) is 7.11 Å². The third-order valence-electron chi connectivity index (χ3n) is 6.14. The van der Waals surface area contributed by atoms with Gasteiger partial charge in [-0.2, -0.15) is 5.10 Å². The highest BCUT2D eigenvalue weighted by Crippen LogP contribution is 2.27. The number of hydrogen-bond donors (Lipinski definition) is 1. The number of benzene rings is 2. The second-order valence-corrected chi connectivity index (χ2v) is 8.44. The van der Waals surface area contributed by atoms with Gasteiger partial charge in [0.1, 0.15) is 5.82 Å². The van der Waals surface area contributed by atoms with Crippen molar-refractivity contribution in [3.05, 3.63) is 83.6 Å². The number of amides is 1. The molecule has 3 aromatic rings. The summed E-state index contributed by atoms with van der Waals surface area (Å²) in [4.78, 5) is 26.9. The summed E-state index contributed by atoms with van der Waals surface area (Å²) in [5.74, 6) is 0.561. The number of piperidine rings is 1. The van der Waals surface area contributed by atoms with Gasteiger partial charge in [-0.1, -0.05) is 48.5 Å². The molecule has 0 spiro atoms. The number of likely N-dealkylation sites (tertiary alicyclic amines) is 1. The van der Waals surface area contributed by atoms with E-state index in [4.69, 9.17) is 4.74 Å². The lowest BCUT2D eigenvalue weighted by atomic mass is 10.0. The van der Waals surface area contributed by atoms with Gasteiger partial charge in [0.2, 0.25) is 0 Å². The van der Waals surface area contributed by atoms with E-state index in [2.05, 4.69) is 21.4 Å². The van der Waals surface area contributed by atoms with Gasteiger partial charge in [0.05, 0.1) is 12.2 Å². The Hall–Kier alpha value is -3.29. The Bertz CT molecular complexity index is 1090. The number of carbonyl (C=O) groups is 2. The zero-order valence-electron chi connectivity index (χ0n) is 19.1. The average Bonchev–Trinajstić information content (AvgIpc) is 3.29. The van der Waals surface area contributed by atoms with Crippen molar-refractivity contribution in [3.8, 4) is 0 Å². The Morgan fingerprint density at radius 1 is 1.09 bits per heavy atom. The quantitative estimate of drug-likeness (QED) is 0.524. The lowest BCUT2D eigenvalue weighted by Crippen LogP contribution is -2.35. The zero-order valence-corrected chi connectivity index (χ0v) is 19.1. The molecule has 0 unspecified atom stereocenters. The predicted molar refractivity (Wildman–Crippen MR) is 127 cm³/mol. The Balaban J connectivity index is 1.36. The second-order valence-electron chi connectivity index (χ2n) is 8.44. The van der Waals surface area contributed by atoms with Crippen LogP contribution in [0.2, 0.25) is 0 Å². The van der Waals surface area contributed by atoms with Crippen molar-refractivity contribution in [2.24, 2.45) is 0 Å². The van der Waals surface area contributed by atoms with Crippen molar-refractivity contribution >= 4 is 17.5 Å². The van der Waals surface area contributed by atoms with E-state index < -0.39 is 6.10 Å². The Morgan fingerprint density at radius 2 is 1.85 bits per heavy atom. The van der Waals surface area contributed by atoms with Crippen molar-refractivity contribution < 1.29 is 14.3 Å². The number of nitrogens with one attached hydrogen (secondary N) is 1. The molecule has 7 heteroatoms. The summed E-state index contributed by atoms with van der Waals surface area (Å²) in [6.45, 7) is 4.27. The predicted octanol–water partition coefficient (Wildman–Crippen LogP) is 4.25. The summed E-state index contributed by atoms with van der Waals surface area (Å²) in [5.41, 5.74) is 2.72. The van der Waals surface area contributed by atoms with E-state index in [0.29, 0.717) is 5.82 Å². The smallest absolute Gasteiger partial charge is 0.259 e. The lowest BCUT2D eigenvalue weighted by Gasteiger charge is -2.32. The van der Waals surface area contributed by atoms with Crippen LogP contribution in [0, 0.1) is 0 Å². The Labute approximate surface area is 194 Å². The first-order valence-electron chi connectivity index (χ1n) is 11.3. The fraction of sp³-hybridized carbons (Fsp3) is 0.346. The minimum absolute atomic E-state index is 0.0896. The number of carbonyl (C=O) groups excluding carboxylic acids is 2. The van der Waals surface area contributed by atoms with E-state index in [0.717, 1.165) is 49.2 Å². The molecule has 0 saturated carbocycles. The van der Waals surface area contributed by atoms with Crippen LogP contribution in [0.4, 0.5) is 5.82 Å². The topological polar surface area (TPSA) is 76.5 Å². The summed E-state index contributed by atoms with van der Waals surface area (Å²) in [7, 11) is 1.54. The molecular formula is C26H30N4O3. The van der Waals surface area contributed by atoms with Gasteiger partial charge in [0, 0.05) is 38.4 Å². The van der Waals surface area contributed by atoms with Crippen molar-refractivity contribution in [2.45, 2.75) is 38.5 Å². The fourth-order valence-corrected chi connectivity index (χ4v) is 4.39. The molecular weight excluding hydrogens is 416 g/mol. The first-order chi connectivity index (χ1) is 16.0. The van der Waals surface area contributed by atoms with Gasteiger partial charge in [0.15, 0.2) is 11.9 Å². The number of Topliss-reactive ketones (excluding diaryl/α,β-unsaturated/α-hetero) is 1. The largest absolute Gasteiger partial charge is 0.367 e. The van der Waals surface area contributed by atoms with Gasteiger partial charge in [-0.05, 0) is 37.0 Å². The number of ketones is 1. The van der Waals surface area contributed by atoms with Crippen molar-refractivity contribution in [1.29, 1.82) is 0 Å². The van der Waals surface area contributed by atoms with E-state index in [1.807, 2.05) is 59.3 Å². The molecule has 1 aliphatic rings. The number of aromatic nitrogens is 2. The van der Waals surface area contributed by atoms with Crippen molar-refractivity contribution in [2.75, 3.05) is 25.5 Å². The molecule has 1 atom stereocenters. The average molecular weight is 447 g/mol. The first-order valence-corrected chi connectivity index (χ1v) is 11.3. The number of anilines is 1. The van der Waals surface area contributed by atoms with Crippen molar-refractivity contribution in [3.63, 3.8) is 0 Å². The van der Waals surface area contributed by atoms with Crippen LogP contribution in [0.25, 0.3) is 0 Å². The molecule has 1 fully saturated rings. The molecule has 0 bridgehead atoms. The van der Waals surface area contributed by atoms with Crippen LogP contribution in [0.15, 0.2) is 66.9 Å². The SMILES string of the molecule is CO[C@@H](C(=O)Nc1ccnn1C1CCN(Cc2cccc(C(C)=O)c2)CC1)c1ccccc1. The molecule has 33 heavy (non-hydrogen) atoms. The van der Waals surface area contributed by atoms with Crippen LogP contribution in [0.1, 0.15) is 53.4 Å². The van der Waals surface area contributed by atoms with Gasteiger partial charge in [-0.15, -0.1) is 0 Å². The third-order valence-corrected chi connectivity index (χ3v) is 6.14. The molecule has 0 radical (unpaired) electrons. The number of ether oxygens (including phenoxy) is 1. The van der Waals surface area contributed by atoms with Crippen LogP contribution in [-0.2, 0) is 16.1 Å². The molecule has 1 aliphatic heterocycles. The third kappa shape index (κ3) is 5.56. The molecule has 172 valence electrons. The van der Waals surface area contributed by atoms with Crippen LogP contribution in [0.3, 0.4) is 0 Å². The highest BCUT2D eigenvalue weighted by Gasteiger charge is 2.25. The maximum absolute atomic E-state index is 12.9. The van der Waals surface area contributed by atoms with Crippen LogP contribution in [0.5, 0.6) is 0 Å². The monoisotopic (exact) mass is 446 g/mol. The minimum Gasteiger partial charge on any atom is -0.367 e. The molecule has 4 rings (SSSR count). The Kier molecular flexibility index (Phi) is 7.32. The minimum atomic E-state index is -0.679. The number of hydrogen-bond acceptors (Lipinski definition) is 5. The number of methoxy groups -OCH3 is 1. The fourth-order valence-electron chi connectivity index (χ4n) is 4.39. The van der Waals surface area contributed by atoms with Crippen LogP contribution < -0.4 is 5.32 Å². The van der Waals surface area contributed by atoms with Gasteiger partial charge < -0.3 is 10.1 Å². The highest BCUT2D eigenvalue weighted by molar-refractivity contribution is 5.94. The standard InChI is InChI=1S/C26H30N4O3/c1-19(31)22-10-6-7-20(17-22)18-29-15-12-23(13-16-29)30-24(11-14-27-30)28-26(32)25(33-2)21-8-4-3-5-9-21/h3-11,14,17,23,25H,12-13,15-16,18H2,1-2H3,(H,28,32)/t25-/m1/s1. The van der Waals surface area contributed by atoms with E-state index in [1.54, 1.807) is 13.1 Å². The van der Waals surface area contributed by atoms with E-state index in [9.17, 15) is 9.59 Å². The maximum Gasteiger partial charge on any atom is 0.259 e. The summed E-state index contributed by atoms with van der Waals surface area (Å²) >= 11 is 0. The van der Waals surface area contributed by atoms with E-state index >= 15 is 0 Å². The molecule has 7 nitrogen and oxygen atoms in total. The number of nitrogens with zero attached hydrogens (tertiary/aromatic N) is 3. The van der Waals surface area contributed by atoms with Gasteiger partial charge >= 0.3 is 0 Å². The summed E-state index contributed by atoms with van der Waals surface area (Å²) < 4.78 is 7.38. The highest BCUT2D eigenvalue weighted by atomic mass is 16.5. The second kappa shape index (κ2) is 10.6. The van der Waals surface area contributed by atoms with Gasteiger partial charge in [-0.3, -0.25) is 14.5 Å². The molecule has 0 aliphatic carbocycles. The summed E-state index contributed by atoms with van der Waals surface area (Å²) in [5, 5.41) is 7.49. The van der Waals surface area contributed by atoms with Gasteiger partial charge in [-0.25, -0.2) is 4.68 Å². The van der Waals surface area contributed by atoms with Gasteiger partial charge in [0.25, 0.3) is 5.91 Å². The molecule has 1 aromatic heterocycles. The summed E-state index contributed by atoms with van der Waals surface area (Å²) in [6, 6.07) is 19.4. The maximum atomic E-state index is 12.9. The molecule has 1 N–H and O–H groups in total. The van der Waals surface area contributed by atoms with Crippen molar-refractivity contribution in [1.82, 2.24) is 14.7 Å². The summed E-state index contributed by atoms with van der Waals surface area (Å²) in [6.07, 6.45) is 2.91. The van der Waals surface area contributed by atoms with Crippen LogP contribution in [-0.4, -0.2) is 46.6 Å². The van der Waals surface area contributed by atoms with Crippen LogP contribution >= 0.6 is 0 Å². The zero-order chi connectivity index (χ0) is 23.2. The lowest BCUT2D eigenvalue weighted by molar-refractivity contribution is -0.126. The number of rotatable bonds is 8. The molecule has 1 amide bonds. The Morgan fingerprint density at radius 3 is 2.55 bits per heavy atom.